The summed E-state index contributed by atoms with van der Waals surface area (Å²) in [6.45, 7) is 13.1. The zero-order valence-electron chi connectivity index (χ0n) is 33.7. The van der Waals surface area contributed by atoms with Gasteiger partial charge in [0.05, 0.1) is 47.7 Å². The number of nitro groups is 1. The Labute approximate surface area is 324 Å². The van der Waals surface area contributed by atoms with Gasteiger partial charge in [0.15, 0.2) is 6.29 Å². The number of esters is 2. The number of cyclic esters (lactones) is 1. The fourth-order valence-corrected chi connectivity index (χ4v) is 8.11. The molecular weight excluding hydrogens is 716 g/mol. The van der Waals surface area contributed by atoms with E-state index in [4.69, 9.17) is 30.1 Å². The van der Waals surface area contributed by atoms with Gasteiger partial charge in [-0.25, -0.2) is 0 Å². The number of benzene rings is 1. The summed E-state index contributed by atoms with van der Waals surface area (Å²) in [5.41, 5.74) is -3.37. The molecule has 2 heterocycles. The lowest BCUT2D eigenvalue weighted by Gasteiger charge is -2.48. The minimum atomic E-state index is -2.05. The second-order valence-corrected chi connectivity index (χ2v) is 15.8. The molecule has 0 unspecified atom stereocenters. The number of aliphatic hydroxyl groups is 3. The van der Waals surface area contributed by atoms with E-state index in [0.717, 1.165) is 0 Å². The maximum absolute atomic E-state index is 14.1. The van der Waals surface area contributed by atoms with Crippen molar-refractivity contribution in [3.05, 3.63) is 39.9 Å². The van der Waals surface area contributed by atoms with Gasteiger partial charge < -0.3 is 39.0 Å². The molecule has 2 aliphatic heterocycles. The third-order valence-electron chi connectivity index (χ3n) is 11.5. The molecule has 0 spiro atoms. The smallest absolute Gasteiger partial charge is 0.312 e. The number of nitro benzene ring substituents is 1. The Morgan fingerprint density at radius 3 is 2.38 bits per heavy atom. The van der Waals surface area contributed by atoms with Crippen LogP contribution in [-0.2, 0) is 44.5 Å². The van der Waals surface area contributed by atoms with Gasteiger partial charge in [0, 0.05) is 43.0 Å². The first kappa shape index (κ1) is 45.9. The normalized spacial score (nSPS) is 38.1. The highest BCUT2D eigenvalue weighted by Gasteiger charge is 2.53. The number of hydrogen-bond donors (Lipinski definition) is 3. The summed E-state index contributed by atoms with van der Waals surface area (Å²) in [6.07, 6.45) is -2.51. The molecule has 14 atom stereocenters. The van der Waals surface area contributed by atoms with Crippen LogP contribution in [0.15, 0.2) is 24.3 Å². The molecule has 0 saturated carbocycles. The lowest BCUT2D eigenvalue weighted by atomic mass is 9.74. The predicted molar refractivity (Wildman–Crippen MR) is 200 cm³/mol. The van der Waals surface area contributed by atoms with E-state index in [9.17, 15) is 39.8 Å². The van der Waals surface area contributed by atoms with E-state index >= 15 is 0 Å². The second kappa shape index (κ2) is 19.1. The Bertz CT molecular complexity index is 1550. The first-order chi connectivity index (χ1) is 25.6. The fraction of sp³-hybridized carbons (Fsp3) is 0.725. The number of methoxy groups -OCH3 is 1. The highest BCUT2D eigenvalue weighted by atomic mass is 16.7. The standard InChI is InChI=1S/C40H60N2O13/c1-12-17-41(10)29-18-23(4)52-38(33(29)45)55-36-25(6)34(54-31(43)20-27-15-14-16-28(19-27)42(49)50)26(7)37(47)53-30(13-2)40(9,48)35(46)24(5)32(44)22(3)21-39(36,8)51-11/h1,14-16,19,22-26,29-30,33-36,38,45-46,48H,13,17-18,20-21H2,2-11H3/t22-,23-,24+,25+,26-,29+,30-,33-,34+,35-,36-,38+,39-,40-/m1/s1. The average Bonchev–Trinajstić information content (AvgIpc) is 3.13. The number of terminal acetylenes is 1. The number of non-ortho nitro benzene ring substituents is 1. The number of ether oxygens (including phenoxy) is 5. The lowest BCUT2D eigenvalue weighted by Crippen LogP contribution is -2.61. The van der Waals surface area contributed by atoms with Crippen LogP contribution >= 0.6 is 0 Å². The molecule has 1 aromatic carbocycles. The number of aliphatic hydroxyl groups excluding tert-OH is 2. The van der Waals surface area contributed by atoms with Crippen LogP contribution in [0.4, 0.5) is 5.69 Å². The minimum absolute atomic E-state index is 0.000278. The Hall–Kier alpha value is -3.49. The van der Waals surface area contributed by atoms with Crippen LogP contribution in [0.2, 0.25) is 0 Å². The van der Waals surface area contributed by atoms with E-state index in [1.54, 1.807) is 34.7 Å². The molecule has 55 heavy (non-hydrogen) atoms. The molecule has 0 radical (unpaired) electrons. The highest BCUT2D eigenvalue weighted by Crippen LogP contribution is 2.40. The topological polar surface area (TPSA) is 204 Å². The number of carbonyl (C=O) groups excluding carboxylic acids is 3. The van der Waals surface area contributed by atoms with Crippen molar-refractivity contribution in [2.24, 2.45) is 23.7 Å². The first-order valence-electron chi connectivity index (χ1n) is 18.9. The molecule has 1 aromatic rings. The highest BCUT2D eigenvalue weighted by molar-refractivity contribution is 5.83. The number of Topliss-reactive ketones (excluding diaryl/α,β-unsaturated/α-hetero) is 1. The van der Waals surface area contributed by atoms with Crippen molar-refractivity contribution in [1.82, 2.24) is 4.90 Å². The van der Waals surface area contributed by atoms with Crippen molar-refractivity contribution in [1.29, 1.82) is 0 Å². The van der Waals surface area contributed by atoms with E-state index < -0.39 is 100 Å². The summed E-state index contributed by atoms with van der Waals surface area (Å²) in [6, 6.07) is 5.05. The van der Waals surface area contributed by atoms with Gasteiger partial charge in [0.1, 0.15) is 29.7 Å². The van der Waals surface area contributed by atoms with Crippen molar-refractivity contribution in [3.63, 3.8) is 0 Å². The van der Waals surface area contributed by atoms with Crippen molar-refractivity contribution in [3.8, 4) is 12.3 Å². The number of hydrogen-bond acceptors (Lipinski definition) is 14. The first-order valence-corrected chi connectivity index (χ1v) is 18.9. The number of likely N-dealkylation sites (N-methyl/N-ethyl adjacent to an activating group) is 1. The van der Waals surface area contributed by atoms with Crippen molar-refractivity contribution < 1.29 is 58.3 Å². The predicted octanol–water partition coefficient (Wildman–Crippen LogP) is 3.22. The van der Waals surface area contributed by atoms with Gasteiger partial charge in [-0.15, -0.1) is 6.42 Å². The van der Waals surface area contributed by atoms with Crippen LogP contribution < -0.4 is 0 Å². The van der Waals surface area contributed by atoms with E-state index in [-0.39, 0.29) is 37.6 Å². The molecule has 3 N–H and O–H groups in total. The van der Waals surface area contributed by atoms with E-state index in [1.165, 1.54) is 52.1 Å². The Balaban J connectivity index is 2.20. The minimum Gasteiger partial charge on any atom is -0.461 e. The maximum atomic E-state index is 14.1. The van der Waals surface area contributed by atoms with Gasteiger partial charge in [-0.3, -0.25) is 29.4 Å². The molecule has 2 aliphatic rings. The van der Waals surface area contributed by atoms with Gasteiger partial charge in [-0.05, 0) is 59.6 Å². The number of ketones is 1. The van der Waals surface area contributed by atoms with Crippen LogP contribution in [0, 0.1) is 46.1 Å². The average molecular weight is 777 g/mol. The molecule has 0 aromatic heterocycles. The Morgan fingerprint density at radius 1 is 1.15 bits per heavy atom. The number of rotatable bonds is 10. The summed E-state index contributed by atoms with van der Waals surface area (Å²) in [4.78, 5) is 54.4. The third kappa shape index (κ3) is 10.7. The van der Waals surface area contributed by atoms with Crippen LogP contribution in [0.1, 0.15) is 80.2 Å². The maximum Gasteiger partial charge on any atom is 0.312 e. The third-order valence-corrected chi connectivity index (χ3v) is 11.5. The summed E-state index contributed by atoms with van der Waals surface area (Å²) in [7, 11) is 3.20. The molecule has 15 nitrogen and oxygen atoms in total. The monoisotopic (exact) mass is 776 g/mol. The number of carbonyl (C=O) groups is 3. The van der Waals surface area contributed by atoms with Gasteiger partial charge in [0.2, 0.25) is 0 Å². The summed E-state index contributed by atoms with van der Waals surface area (Å²) in [5, 5.41) is 46.1. The lowest BCUT2D eigenvalue weighted by molar-refractivity contribution is -0.384. The molecule has 2 saturated heterocycles. The fourth-order valence-electron chi connectivity index (χ4n) is 8.11. The van der Waals surface area contributed by atoms with Crippen molar-refractivity contribution in [2.75, 3.05) is 20.7 Å². The van der Waals surface area contributed by atoms with E-state index in [1.807, 2.05) is 11.8 Å². The van der Waals surface area contributed by atoms with Crippen molar-refractivity contribution in [2.45, 2.75) is 141 Å². The molecule has 15 heteroatoms. The molecule has 0 aliphatic carbocycles. The molecule has 0 amide bonds. The van der Waals surface area contributed by atoms with E-state index in [0.29, 0.717) is 12.0 Å². The molecule has 0 bridgehead atoms. The van der Waals surface area contributed by atoms with Gasteiger partial charge in [-0.1, -0.05) is 45.7 Å². The second-order valence-electron chi connectivity index (χ2n) is 15.8. The van der Waals surface area contributed by atoms with Gasteiger partial charge >= 0.3 is 11.9 Å². The Kier molecular flexibility index (Phi) is 15.9. The largest absolute Gasteiger partial charge is 0.461 e. The van der Waals surface area contributed by atoms with Crippen LogP contribution in [0.25, 0.3) is 0 Å². The Morgan fingerprint density at radius 2 is 1.80 bits per heavy atom. The molecule has 2 fully saturated rings. The van der Waals surface area contributed by atoms with Gasteiger partial charge in [-0.2, -0.15) is 0 Å². The van der Waals surface area contributed by atoms with Gasteiger partial charge in [0.25, 0.3) is 5.69 Å². The molecule has 3 rings (SSSR count). The van der Waals surface area contributed by atoms with Crippen LogP contribution in [0.5, 0.6) is 0 Å². The molecule has 308 valence electrons. The van der Waals surface area contributed by atoms with E-state index in [2.05, 4.69) is 5.92 Å². The summed E-state index contributed by atoms with van der Waals surface area (Å²) < 4.78 is 31.0. The summed E-state index contributed by atoms with van der Waals surface area (Å²) >= 11 is 0. The van der Waals surface area contributed by atoms with Crippen LogP contribution in [-0.4, -0.2) is 124 Å². The SMILES string of the molecule is C#CCN(C)[C@H]1C[C@@H](C)O[C@@H](O[C@@H]2[C@@H](C)[C@H](OC(=O)Cc3cccc([N+](=O)[O-])c3)[C@@H](C)C(=O)O[C@H](CC)[C@@](C)(O)[C@H](O)[C@@H](C)C(=O)[C@H](C)C[C@@]2(C)OC)[C@@H]1O. The van der Waals surface area contributed by atoms with Crippen LogP contribution in [0.3, 0.4) is 0 Å². The quantitative estimate of drug-likeness (QED) is 0.135. The number of nitrogens with zero attached hydrogens (tertiary/aromatic N) is 2. The summed E-state index contributed by atoms with van der Waals surface area (Å²) in [5.74, 6) is -3.54. The zero-order valence-corrected chi connectivity index (χ0v) is 33.7. The zero-order chi connectivity index (χ0) is 41.6. The molecular formula is C40H60N2O13. The van der Waals surface area contributed by atoms with Crippen molar-refractivity contribution >= 4 is 23.4 Å².